The molecule has 130 valence electrons. The molecule has 3 amide bonds. The van der Waals surface area contributed by atoms with Crippen LogP contribution in [0.15, 0.2) is 30.3 Å². The molecule has 3 N–H and O–H groups in total. The summed E-state index contributed by atoms with van der Waals surface area (Å²) in [6.45, 7) is 2.16. The number of carbonyl (C=O) groups excluding carboxylic acids is 3. The fourth-order valence-corrected chi connectivity index (χ4v) is 2.68. The van der Waals surface area contributed by atoms with Crippen molar-refractivity contribution in [2.45, 2.75) is 51.1 Å². The number of benzene rings is 1. The van der Waals surface area contributed by atoms with Gasteiger partial charge in [0.05, 0.1) is 0 Å². The third-order valence-corrected chi connectivity index (χ3v) is 4.11. The number of carbonyl (C=O) groups is 3. The Hall–Kier alpha value is -2.37. The Bertz CT molecular complexity index is 574. The Labute approximate surface area is 142 Å². The van der Waals surface area contributed by atoms with Gasteiger partial charge >= 0.3 is 0 Å². The van der Waals surface area contributed by atoms with Gasteiger partial charge in [0.1, 0.15) is 12.1 Å². The van der Waals surface area contributed by atoms with Crippen molar-refractivity contribution in [3.05, 3.63) is 35.9 Å². The van der Waals surface area contributed by atoms with E-state index in [0.717, 1.165) is 24.8 Å². The fourth-order valence-electron chi connectivity index (χ4n) is 2.68. The van der Waals surface area contributed by atoms with Crippen LogP contribution in [0.3, 0.4) is 0 Å². The molecule has 0 radical (unpaired) electrons. The van der Waals surface area contributed by atoms with Crippen molar-refractivity contribution in [1.82, 2.24) is 16.0 Å². The van der Waals surface area contributed by atoms with Crippen molar-refractivity contribution < 1.29 is 14.4 Å². The molecule has 1 aliphatic heterocycles. The van der Waals surface area contributed by atoms with E-state index in [1.54, 1.807) is 6.92 Å². The number of hydrogen-bond donors (Lipinski definition) is 3. The van der Waals surface area contributed by atoms with Gasteiger partial charge in [-0.15, -0.1) is 0 Å². The second kappa shape index (κ2) is 9.05. The molecule has 2 atom stereocenters. The molecule has 24 heavy (non-hydrogen) atoms. The molecule has 0 aromatic heterocycles. The van der Waals surface area contributed by atoms with Gasteiger partial charge in [-0.1, -0.05) is 36.8 Å². The Balaban J connectivity index is 1.74. The number of rotatable bonds is 6. The summed E-state index contributed by atoms with van der Waals surface area (Å²) in [6, 6.07) is 8.71. The summed E-state index contributed by atoms with van der Waals surface area (Å²) in [7, 11) is 0. The second-order valence-corrected chi connectivity index (χ2v) is 6.12. The molecule has 1 aromatic carbocycles. The van der Waals surface area contributed by atoms with Crippen molar-refractivity contribution >= 4 is 17.7 Å². The zero-order valence-corrected chi connectivity index (χ0v) is 14.0. The maximum Gasteiger partial charge on any atom is 0.243 e. The summed E-state index contributed by atoms with van der Waals surface area (Å²) in [6.07, 6.45) is 3.44. The monoisotopic (exact) mass is 331 g/mol. The highest BCUT2D eigenvalue weighted by Crippen LogP contribution is 2.09. The van der Waals surface area contributed by atoms with E-state index in [0.29, 0.717) is 19.4 Å². The highest BCUT2D eigenvalue weighted by atomic mass is 16.2. The lowest BCUT2D eigenvalue weighted by Gasteiger charge is -2.19. The first-order chi connectivity index (χ1) is 11.6. The molecule has 0 spiro atoms. The van der Waals surface area contributed by atoms with Crippen molar-refractivity contribution in [3.8, 4) is 0 Å². The molecule has 0 saturated carbocycles. The normalized spacial score (nSPS) is 18.9. The molecule has 6 heteroatoms. The molecular formula is C18H25N3O3. The third-order valence-electron chi connectivity index (χ3n) is 4.11. The molecule has 6 nitrogen and oxygen atoms in total. The van der Waals surface area contributed by atoms with E-state index in [2.05, 4.69) is 16.0 Å². The molecule has 1 heterocycles. The van der Waals surface area contributed by atoms with Gasteiger partial charge in [-0.3, -0.25) is 14.4 Å². The highest BCUT2D eigenvalue weighted by Gasteiger charge is 2.25. The van der Waals surface area contributed by atoms with Crippen LogP contribution in [0.25, 0.3) is 0 Å². The lowest BCUT2D eigenvalue weighted by molar-refractivity contribution is -0.131. The third kappa shape index (κ3) is 5.68. The van der Waals surface area contributed by atoms with Crippen molar-refractivity contribution in [2.75, 3.05) is 6.54 Å². The summed E-state index contributed by atoms with van der Waals surface area (Å²) in [5.41, 5.74) is 1.15. The molecule has 0 bridgehead atoms. The van der Waals surface area contributed by atoms with Gasteiger partial charge in [-0.2, -0.15) is 0 Å². The maximum atomic E-state index is 12.2. The van der Waals surface area contributed by atoms with Gasteiger partial charge < -0.3 is 16.0 Å². The van der Waals surface area contributed by atoms with E-state index in [9.17, 15) is 14.4 Å². The standard InChI is InChI=1S/C18H25N3O3/c1-13(17(23)19-12-11-14-7-3-2-4-8-14)20-18(24)15-9-5-6-10-16(22)21-15/h2-4,7-8,13,15H,5-6,9-12H2,1H3,(H,19,23)(H,20,24)(H,21,22)/t13-,15+/m0/s1. The van der Waals surface area contributed by atoms with Crippen LogP contribution in [-0.4, -0.2) is 36.3 Å². The summed E-state index contributed by atoms with van der Waals surface area (Å²) < 4.78 is 0. The minimum atomic E-state index is -0.631. The van der Waals surface area contributed by atoms with Crippen molar-refractivity contribution in [2.24, 2.45) is 0 Å². The Morgan fingerprint density at radius 3 is 2.75 bits per heavy atom. The van der Waals surface area contributed by atoms with Gasteiger partial charge in [0.2, 0.25) is 17.7 Å². The lowest BCUT2D eigenvalue weighted by Crippen LogP contribution is -2.52. The molecule has 1 fully saturated rings. The first kappa shape index (κ1) is 18.0. The average Bonchev–Trinajstić information content (AvgIpc) is 2.80. The molecule has 1 aliphatic rings. The van der Waals surface area contributed by atoms with Gasteiger partial charge in [-0.05, 0) is 31.7 Å². The zero-order chi connectivity index (χ0) is 17.4. The van der Waals surface area contributed by atoms with Crippen LogP contribution in [0.1, 0.15) is 38.2 Å². The molecule has 0 unspecified atom stereocenters. The average molecular weight is 331 g/mol. The van der Waals surface area contributed by atoms with E-state index in [1.807, 2.05) is 30.3 Å². The van der Waals surface area contributed by atoms with Crippen molar-refractivity contribution in [1.29, 1.82) is 0 Å². The topological polar surface area (TPSA) is 87.3 Å². The van der Waals surface area contributed by atoms with Gasteiger partial charge in [-0.25, -0.2) is 0 Å². The van der Waals surface area contributed by atoms with E-state index in [4.69, 9.17) is 0 Å². The Morgan fingerprint density at radius 2 is 2.00 bits per heavy atom. The van der Waals surface area contributed by atoms with E-state index < -0.39 is 12.1 Å². The second-order valence-electron chi connectivity index (χ2n) is 6.12. The number of hydrogen-bond acceptors (Lipinski definition) is 3. The SMILES string of the molecule is C[C@H](NC(=O)[C@H]1CCCCC(=O)N1)C(=O)NCCc1ccccc1. The molecule has 1 saturated heterocycles. The number of amides is 3. The predicted molar refractivity (Wildman–Crippen MR) is 91.2 cm³/mol. The van der Waals surface area contributed by atoms with Crippen LogP contribution in [-0.2, 0) is 20.8 Å². The van der Waals surface area contributed by atoms with Crippen LogP contribution >= 0.6 is 0 Å². The molecule has 2 rings (SSSR count). The van der Waals surface area contributed by atoms with Gasteiger partial charge in [0, 0.05) is 13.0 Å². The van der Waals surface area contributed by atoms with Crippen LogP contribution in [0.5, 0.6) is 0 Å². The van der Waals surface area contributed by atoms with Crippen LogP contribution in [0, 0.1) is 0 Å². The predicted octanol–water partition coefficient (Wildman–Crippen LogP) is 0.909. The fraction of sp³-hybridized carbons (Fsp3) is 0.500. The molecule has 0 aliphatic carbocycles. The lowest BCUT2D eigenvalue weighted by atomic mass is 10.1. The minimum Gasteiger partial charge on any atom is -0.354 e. The smallest absolute Gasteiger partial charge is 0.243 e. The minimum absolute atomic E-state index is 0.104. The number of nitrogens with one attached hydrogen (secondary N) is 3. The zero-order valence-electron chi connectivity index (χ0n) is 14.0. The van der Waals surface area contributed by atoms with Crippen LogP contribution in [0.4, 0.5) is 0 Å². The molecule has 1 aromatic rings. The van der Waals surface area contributed by atoms with E-state index >= 15 is 0 Å². The maximum absolute atomic E-state index is 12.2. The van der Waals surface area contributed by atoms with Crippen LogP contribution in [0.2, 0.25) is 0 Å². The van der Waals surface area contributed by atoms with Gasteiger partial charge in [0.15, 0.2) is 0 Å². The van der Waals surface area contributed by atoms with E-state index in [-0.39, 0.29) is 17.7 Å². The van der Waals surface area contributed by atoms with Crippen LogP contribution < -0.4 is 16.0 Å². The van der Waals surface area contributed by atoms with Crippen molar-refractivity contribution in [3.63, 3.8) is 0 Å². The summed E-state index contributed by atoms with van der Waals surface area (Å²) >= 11 is 0. The van der Waals surface area contributed by atoms with Gasteiger partial charge in [0.25, 0.3) is 0 Å². The first-order valence-corrected chi connectivity index (χ1v) is 8.47. The Kier molecular flexibility index (Phi) is 6.78. The summed E-state index contributed by atoms with van der Waals surface area (Å²) in [5.74, 6) is -0.622. The molecular weight excluding hydrogens is 306 g/mol. The quantitative estimate of drug-likeness (QED) is 0.724. The van der Waals surface area contributed by atoms with E-state index in [1.165, 1.54) is 0 Å². The summed E-state index contributed by atoms with van der Waals surface area (Å²) in [4.78, 5) is 35.8. The Morgan fingerprint density at radius 1 is 1.25 bits per heavy atom. The highest BCUT2D eigenvalue weighted by molar-refractivity contribution is 5.92. The first-order valence-electron chi connectivity index (χ1n) is 8.47. The largest absolute Gasteiger partial charge is 0.354 e. The summed E-state index contributed by atoms with van der Waals surface area (Å²) in [5, 5.41) is 8.20.